The number of benzene rings is 1. The SMILES string of the molecule is CCCc1ccc(Oc2cc(N)nc(N)n2)cc1. The van der Waals surface area contributed by atoms with Crippen molar-refractivity contribution in [3.8, 4) is 11.6 Å². The van der Waals surface area contributed by atoms with Gasteiger partial charge in [-0.3, -0.25) is 0 Å². The van der Waals surface area contributed by atoms with Crippen LogP contribution in [0.3, 0.4) is 0 Å². The lowest BCUT2D eigenvalue weighted by molar-refractivity contribution is 0.463. The monoisotopic (exact) mass is 244 g/mol. The van der Waals surface area contributed by atoms with Gasteiger partial charge in [-0.15, -0.1) is 0 Å². The predicted molar refractivity (Wildman–Crippen MR) is 71.4 cm³/mol. The number of rotatable bonds is 4. The Balaban J connectivity index is 2.13. The largest absolute Gasteiger partial charge is 0.439 e. The minimum absolute atomic E-state index is 0.104. The van der Waals surface area contributed by atoms with E-state index in [9.17, 15) is 0 Å². The van der Waals surface area contributed by atoms with Crippen molar-refractivity contribution >= 4 is 11.8 Å². The van der Waals surface area contributed by atoms with Gasteiger partial charge in [-0.1, -0.05) is 25.5 Å². The Morgan fingerprint density at radius 3 is 2.44 bits per heavy atom. The van der Waals surface area contributed by atoms with Gasteiger partial charge in [0.2, 0.25) is 11.8 Å². The molecule has 5 nitrogen and oxygen atoms in total. The van der Waals surface area contributed by atoms with E-state index in [4.69, 9.17) is 16.2 Å². The van der Waals surface area contributed by atoms with Crippen molar-refractivity contribution in [1.29, 1.82) is 0 Å². The van der Waals surface area contributed by atoms with E-state index < -0.39 is 0 Å². The van der Waals surface area contributed by atoms with Crippen molar-refractivity contribution < 1.29 is 4.74 Å². The second-order valence-corrected chi connectivity index (χ2v) is 3.99. The normalized spacial score (nSPS) is 10.3. The van der Waals surface area contributed by atoms with Crippen LogP contribution in [0, 0.1) is 0 Å². The van der Waals surface area contributed by atoms with Crippen LogP contribution < -0.4 is 16.2 Å². The van der Waals surface area contributed by atoms with Gasteiger partial charge in [0.05, 0.1) is 0 Å². The summed E-state index contributed by atoms with van der Waals surface area (Å²) in [6.45, 7) is 2.15. The maximum atomic E-state index is 5.57. The molecule has 94 valence electrons. The topological polar surface area (TPSA) is 87.0 Å². The molecule has 0 aliphatic rings. The number of anilines is 2. The van der Waals surface area contributed by atoms with E-state index >= 15 is 0 Å². The van der Waals surface area contributed by atoms with Crippen molar-refractivity contribution in [2.45, 2.75) is 19.8 Å². The second kappa shape index (κ2) is 5.35. The Labute approximate surface area is 106 Å². The Morgan fingerprint density at radius 2 is 1.83 bits per heavy atom. The van der Waals surface area contributed by atoms with Gasteiger partial charge in [0.1, 0.15) is 11.6 Å². The Hall–Kier alpha value is -2.30. The zero-order chi connectivity index (χ0) is 13.0. The molecule has 0 saturated heterocycles. The molecule has 0 atom stereocenters. The van der Waals surface area contributed by atoms with Crippen molar-refractivity contribution in [3.05, 3.63) is 35.9 Å². The van der Waals surface area contributed by atoms with Crippen molar-refractivity contribution in [2.24, 2.45) is 0 Å². The third kappa shape index (κ3) is 3.10. The van der Waals surface area contributed by atoms with Gasteiger partial charge in [-0.05, 0) is 24.1 Å². The molecule has 0 radical (unpaired) electrons. The number of nitrogen functional groups attached to an aromatic ring is 2. The fraction of sp³-hybridized carbons (Fsp3) is 0.231. The van der Waals surface area contributed by atoms with Crippen molar-refractivity contribution in [2.75, 3.05) is 11.5 Å². The molecule has 0 saturated carbocycles. The summed E-state index contributed by atoms with van der Waals surface area (Å²) in [5, 5.41) is 0. The molecule has 18 heavy (non-hydrogen) atoms. The first-order valence-corrected chi connectivity index (χ1v) is 5.84. The van der Waals surface area contributed by atoms with Gasteiger partial charge in [-0.25, -0.2) is 0 Å². The number of nitrogens with two attached hydrogens (primary N) is 2. The van der Waals surface area contributed by atoms with Crippen LogP contribution in [0.15, 0.2) is 30.3 Å². The molecule has 1 aromatic carbocycles. The van der Waals surface area contributed by atoms with Gasteiger partial charge < -0.3 is 16.2 Å². The number of hydrogen-bond donors (Lipinski definition) is 2. The average molecular weight is 244 g/mol. The van der Waals surface area contributed by atoms with E-state index in [0.717, 1.165) is 12.8 Å². The minimum Gasteiger partial charge on any atom is -0.439 e. The number of ether oxygens (including phenoxy) is 1. The smallest absolute Gasteiger partial charge is 0.226 e. The molecular weight excluding hydrogens is 228 g/mol. The molecule has 1 heterocycles. The van der Waals surface area contributed by atoms with E-state index in [1.54, 1.807) is 0 Å². The molecule has 2 rings (SSSR count). The van der Waals surface area contributed by atoms with E-state index in [-0.39, 0.29) is 5.95 Å². The van der Waals surface area contributed by atoms with Crippen LogP contribution >= 0.6 is 0 Å². The fourth-order valence-electron chi connectivity index (χ4n) is 1.65. The molecule has 0 aliphatic heterocycles. The van der Waals surface area contributed by atoms with E-state index in [1.807, 2.05) is 24.3 Å². The molecule has 0 spiro atoms. The van der Waals surface area contributed by atoms with Gasteiger partial charge in [-0.2, -0.15) is 9.97 Å². The number of aryl methyl sites for hydroxylation is 1. The molecule has 2 aromatic rings. The number of aromatic nitrogens is 2. The molecule has 5 heteroatoms. The zero-order valence-corrected chi connectivity index (χ0v) is 10.3. The van der Waals surface area contributed by atoms with E-state index in [2.05, 4.69) is 16.9 Å². The minimum atomic E-state index is 0.104. The molecule has 0 unspecified atom stereocenters. The molecule has 1 aromatic heterocycles. The summed E-state index contributed by atoms with van der Waals surface area (Å²) in [6.07, 6.45) is 2.19. The highest BCUT2D eigenvalue weighted by Gasteiger charge is 2.02. The van der Waals surface area contributed by atoms with Crippen LogP contribution in [-0.4, -0.2) is 9.97 Å². The van der Waals surface area contributed by atoms with Gasteiger partial charge in [0, 0.05) is 6.07 Å². The van der Waals surface area contributed by atoms with Crippen LogP contribution in [0.1, 0.15) is 18.9 Å². The van der Waals surface area contributed by atoms with Crippen LogP contribution in [-0.2, 0) is 6.42 Å². The molecule has 0 bridgehead atoms. The first-order chi connectivity index (χ1) is 8.67. The summed E-state index contributed by atoms with van der Waals surface area (Å²) in [4.78, 5) is 7.73. The molecule has 0 fully saturated rings. The summed E-state index contributed by atoms with van der Waals surface area (Å²) >= 11 is 0. The zero-order valence-electron chi connectivity index (χ0n) is 10.3. The van der Waals surface area contributed by atoms with Crippen LogP contribution in [0.2, 0.25) is 0 Å². The molecule has 0 aliphatic carbocycles. The molecule has 0 amide bonds. The van der Waals surface area contributed by atoms with Gasteiger partial charge in [0.15, 0.2) is 0 Å². The summed E-state index contributed by atoms with van der Waals surface area (Å²) in [6, 6.07) is 9.41. The lowest BCUT2D eigenvalue weighted by Crippen LogP contribution is -2.00. The van der Waals surface area contributed by atoms with Crippen LogP contribution in [0.4, 0.5) is 11.8 Å². The standard InChI is InChI=1S/C13H16N4O/c1-2-3-9-4-6-10(7-5-9)18-12-8-11(14)16-13(15)17-12/h4-8H,2-3H2,1H3,(H4,14,15,16,17). The van der Waals surface area contributed by atoms with Gasteiger partial charge in [0.25, 0.3) is 0 Å². The third-order valence-electron chi connectivity index (χ3n) is 2.42. The maximum absolute atomic E-state index is 5.57. The lowest BCUT2D eigenvalue weighted by atomic mass is 10.1. The van der Waals surface area contributed by atoms with E-state index in [1.165, 1.54) is 11.6 Å². The van der Waals surface area contributed by atoms with Crippen molar-refractivity contribution in [1.82, 2.24) is 9.97 Å². The predicted octanol–water partition coefficient (Wildman–Crippen LogP) is 2.39. The first-order valence-electron chi connectivity index (χ1n) is 5.84. The summed E-state index contributed by atoms with van der Waals surface area (Å²) in [5.74, 6) is 1.45. The Bertz CT molecular complexity index is 505. The summed E-state index contributed by atoms with van der Waals surface area (Å²) in [7, 11) is 0. The quantitative estimate of drug-likeness (QED) is 0.862. The maximum Gasteiger partial charge on any atom is 0.226 e. The van der Waals surface area contributed by atoms with Gasteiger partial charge >= 0.3 is 0 Å². The van der Waals surface area contributed by atoms with E-state index in [0.29, 0.717) is 17.4 Å². The van der Waals surface area contributed by atoms with Crippen LogP contribution in [0.5, 0.6) is 11.6 Å². The van der Waals surface area contributed by atoms with Crippen LogP contribution in [0.25, 0.3) is 0 Å². The average Bonchev–Trinajstić information content (AvgIpc) is 2.31. The highest BCUT2D eigenvalue weighted by Crippen LogP contribution is 2.21. The third-order valence-corrected chi connectivity index (χ3v) is 2.42. The second-order valence-electron chi connectivity index (χ2n) is 3.99. The number of hydrogen-bond acceptors (Lipinski definition) is 5. The highest BCUT2D eigenvalue weighted by molar-refractivity contribution is 5.40. The Morgan fingerprint density at radius 1 is 1.11 bits per heavy atom. The highest BCUT2D eigenvalue weighted by atomic mass is 16.5. The summed E-state index contributed by atoms with van der Waals surface area (Å²) < 4.78 is 5.56. The summed E-state index contributed by atoms with van der Waals surface area (Å²) in [5.41, 5.74) is 12.3. The first kappa shape index (κ1) is 12.2. The number of nitrogens with zero attached hydrogens (tertiary/aromatic N) is 2. The Kier molecular flexibility index (Phi) is 3.62. The molecule has 4 N–H and O–H groups in total. The molecular formula is C13H16N4O. The fourth-order valence-corrected chi connectivity index (χ4v) is 1.65. The lowest BCUT2D eigenvalue weighted by Gasteiger charge is -2.06. The van der Waals surface area contributed by atoms with Crippen molar-refractivity contribution in [3.63, 3.8) is 0 Å².